The first kappa shape index (κ1) is 15.5. The van der Waals surface area contributed by atoms with Gasteiger partial charge in [0.2, 0.25) is 12.1 Å². The van der Waals surface area contributed by atoms with E-state index in [0.29, 0.717) is 17.8 Å². The number of amides is 2. The van der Waals surface area contributed by atoms with Crippen LogP contribution >= 0.6 is 0 Å². The van der Waals surface area contributed by atoms with Gasteiger partial charge in [-0.15, -0.1) is 0 Å². The summed E-state index contributed by atoms with van der Waals surface area (Å²) in [5, 5.41) is 12.9. The summed E-state index contributed by atoms with van der Waals surface area (Å²) in [6.07, 6.45) is 1.34. The zero-order chi connectivity index (χ0) is 16.1. The SMILES string of the molecule is CC(=O)NCC1CN(c2ccc(C=C[N+](=O)[O-])cc2)C(=O)O1. The van der Waals surface area contributed by atoms with Crippen molar-refractivity contribution in [1.82, 2.24) is 5.32 Å². The van der Waals surface area contributed by atoms with E-state index in [4.69, 9.17) is 4.74 Å². The lowest BCUT2D eigenvalue weighted by Crippen LogP contribution is -2.33. The number of cyclic esters (lactones) is 1. The predicted octanol–water partition coefficient (Wildman–Crippen LogP) is 1.40. The Balaban J connectivity index is 2.01. The number of nitrogens with zero attached hydrogens (tertiary/aromatic N) is 2. The molecule has 0 bridgehead atoms. The molecule has 0 saturated carbocycles. The molecule has 1 aliphatic heterocycles. The summed E-state index contributed by atoms with van der Waals surface area (Å²) in [6.45, 7) is 2.00. The molecule has 8 nitrogen and oxygen atoms in total. The predicted molar refractivity (Wildman–Crippen MR) is 78.8 cm³/mol. The van der Waals surface area contributed by atoms with Crippen molar-refractivity contribution in [2.45, 2.75) is 13.0 Å². The smallest absolute Gasteiger partial charge is 0.414 e. The molecule has 1 fully saturated rings. The van der Waals surface area contributed by atoms with Crippen molar-refractivity contribution in [3.05, 3.63) is 46.1 Å². The molecular formula is C14H15N3O5. The van der Waals surface area contributed by atoms with Gasteiger partial charge in [0.1, 0.15) is 6.10 Å². The number of nitro groups is 1. The lowest BCUT2D eigenvalue weighted by molar-refractivity contribution is -0.400. The number of carbonyl (C=O) groups excluding carboxylic acids is 2. The molecule has 0 radical (unpaired) electrons. The van der Waals surface area contributed by atoms with Gasteiger partial charge < -0.3 is 10.1 Å². The van der Waals surface area contributed by atoms with Crippen LogP contribution in [0.3, 0.4) is 0 Å². The largest absolute Gasteiger partial charge is 0.442 e. The highest BCUT2D eigenvalue weighted by molar-refractivity contribution is 5.90. The normalized spacial score (nSPS) is 17.6. The van der Waals surface area contributed by atoms with Gasteiger partial charge in [0.15, 0.2) is 0 Å². The second kappa shape index (κ2) is 6.70. The fraction of sp³-hybridized carbons (Fsp3) is 0.286. The standard InChI is InChI=1S/C14H15N3O5/c1-10(18)15-8-13-9-16(14(19)22-13)12-4-2-11(3-5-12)6-7-17(20)21/h2-7,13H,8-9H2,1H3,(H,15,18). The van der Waals surface area contributed by atoms with Crippen LogP contribution in [0.15, 0.2) is 30.5 Å². The maximum Gasteiger partial charge on any atom is 0.414 e. The number of ether oxygens (including phenoxy) is 1. The molecule has 1 aliphatic rings. The van der Waals surface area contributed by atoms with Crippen LogP contribution in [-0.2, 0) is 9.53 Å². The molecule has 1 aromatic carbocycles. The highest BCUT2D eigenvalue weighted by atomic mass is 16.6. The summed E-state index contributed by atoms with van der Waals surface area (Å²) in [5.74, 6) is -0.184. The van der Waals surface area contributed by atoms with Crippen molar-refractivity contribution in [3.63, 3.8) is 0 Å². The van der Waals surface area contributed by atoms with Gasteiger partial charge in [-0.05, 0) is 17.7 Å². The van der Waals surface area contributed by atoms with E-state index < -0.39 is 17.1 Å². The minimum Gasteiger partial charge on any atom is -0.442 e. The van der Waals surface area contributed by atoms with Crippen molar-refractivity contribution < 1.29 is 19.2 Å². The summed E-state index contributed by atoms with van der Waals surface area (Å²) in [4.78, 5) is 33.8. The van der Waals surface area contributed by atoms with Gasteiger partial charge in [-0.25, -0.2) is 4.79 Å². The van der Waals surface area contributed by atoms with Crippen LogP contribution in [0.25, 0.3) is 6.08 Å². The van der Waals surface area contributed by atoms with E-state index >= 15 is 0 Å². The maximum absolute atomic E-state index is 11.8. The van der Waals surface area contributed by atoms with Crippen LogP contribution in [-0.4, -0.2) is 36.1 Å². The van der Waals surface area contributed by atoms with E-state index in [0.717, 1.165) is 6.20 Å². The van der Waals surface area contributed by atoms with Crippen LogP contribution in [0.4, 0.5) is 10.5 Å². The average molecular weight is 305 g/mol. The third-order valence-electron chi connectivity index (χ3n) is 3.05. The van der Waals surface area contributed by atoms with E-state index in [-0.39, 0.29) is 12.5 Å². The van der Waals surface area contributed by atoms with Crippen molar-refractivity contribution >= 4 is 23.8 Å². The Hall–Kier alpha value is -2.90. The Kier molecular flexibility index (Phi) is 4.72. The Morgan fingerprint density at radius 1 is 1.50 bits per heavy atom. The average Bonchev–Trinajstić information content (AvgIpc) is 2.84. The third kappa shape index (κ3) is 4.05. The summed E-state index contributed by atoms with van der Waals surface area (Å²) >= 11 is 0. The first-order chi connectivity index (χ1) is 10.5. The molecule has 1 aromatic rings. The number of anilines is 1. The molecule has 0 aliphatic carbocycles. The van der Waals surface area contributed by atoms with E-state index in [1.165, 1.54) is 17.9 Å². The minimum absolute atomic E-state index is 0.184. The Labute approximate surface area is 126 Å². The highest BCUT2D eigenvalue weighted by Gasteiger charge is 2.32. The monoisotopic (exact) mass is 305 g/mol. The van der Waals surface area contributed by atoms with Crippen LogP contribution in [0.2, 0.25) is 0 Å². The molecule has 1 heterocycles. The number of nitrogens with one attached hydrogen (secondary N) is 1. The zero-order valence-electron chi connectivity index (χ0n) is 11.9. The van der Waals surface area contributed by atoms with Gasteiger partial charge in [-0.1, -0.05) is 12.1 Å². The minimum atomic E-state index is -0.543. The number of hydrogen-bond donors (Lipinski definition) is 1. The van der Waals surface area contributed by atoms with Gasteiger partial charge in [0.25, 0.3) is 0 Å². The molecular weight excluding hydrogens is 290 g/mol. The first-order valence-electron chi connectivity index (χ1n) is 6.60. The number of carbonyl (C=O) groups is 2. The van der Waals surface area contributed by atoms with Gasteiger partial charge in [0, 0.05) is 18.7 Å². The second-order valence-electron chi connectivity index (χ2n) is 4.75. The highest BCUT2D eigenvalue weighted by Crippen LogP contribution is 2.22. The van der Waals surface area contributed by atoms with Gasteiger partial charge in [-0.2, -0.15) is 0 Å². The molecule has 22 heavy (non-hydrogen) atoms. The molecule has 2 rings (SSSR count). The molecule has 0 spiro atoms. The quantitative estimate of drug-likeness (QED) is 0.654. The molecule has 1 N–H and O–H groups in total. The Bertz CT molecular complexity index is 611. The summed E-state index contributed by atoms with van der Waals surface area (Å²) in [7, 11) is 0. The third-order valence-corrected chi connectivity index (χ3v) is 3.05. The van der Waals surface area contributed by atoms with E-state index in [1.54, 1.807) is 24.3 Å². The summed E-state index contributed by atoms with van der Waals surface area (Å²) in [6, 6.07) is 6.71. The van der Waals surface area contributed by atoms with Gasteiger partial charge >= 0.3 is 6.09 Å². The van der Waals surface area contributed by atoms with E-state index in [9.17, 15) is 19.7 Å². The number of benzene rings is 1. The van der Waals surface area contributed by atoms with Gasteiger partial charge in [0.05, 0.1) is 18.0 Å². The topological polar surface area (TPSA) is 102 Å². The van der Waals surface area contributed by atoms with Crippen LogP contribution < -0.4 is 10.2 Å². The fourth-order valence-corrected chi connectivity index (χ4v) is 2.01. The molecule has 1 unspecified atom stereocenters. The number of rotatable bonds is 5. The van der Waals surface area contributed by atoms with Crippen molar-refractivity contribution in [2.75, 3.05) is 18.0 Å². The molecule has 116 valence electrons. The van der Waals surface area contributed by atoms with Crippen LogP contribution in [0.1, 0.15) is 12.5 Å². The Morgan fingerprint density at radius 2 is 2.18 bits per heavy atom. The Morgan fingerprint density at radius 3 is 2.77 bits per heavy atom. The summed E-state index contributed by atoms with van der Waals surface area (Å²) in [5.41, 5.74) is 1.29. The van der Waals surface area contributed by atoms with Crippen LogP contribution in [0.5, 0.6) is 0 Å². The molecule has 0 aromatic heterocycles. The zero-order valence-corrected chi connectivity index (χ0v) is 11.9. The summed E-state index contributed by atoms with van der Waals surface area (Å²) < 4.78 is 5.16. The van der Waals surface area contributed by atoms with E-state index in [1.807, 2.05) is 0 Å². The van der Waals surface area contributed by atoms with Crippen molar-refractivity contribution in [2.24, 2.45) is 0 Å². The molecule has 8 heteroatoms. The number of hydrogen-bond acceptors (Lipinski definition) is 5. The molecule has 1 saturated heterocycles. The molecule has 2 amide bonds. The lowest BCUT2D eigenvalue weighted by atomic mass is 10.2. The van der Waals surface area contributed by atoms with E-state index in [2.05, 4.69) is 5.32 Å². The van der Waals surface area contributed by atoms with Crippen molar-refractivity contribution in [3.8, 4) is 0 Å². The maximum atomic E-state index is 11.8. The lowest BCUT2D eigenvalue weighted by Gasteiger charge is -2.13. The van der Waals surface area contributed by atoms with Gasteiger partial charge in [-0.3, -0.25) is 19.8 Å². The first-order valence-corrected chi connectivity index (χ1v) is 6.60. The molecule has 1 atom stereocenters. The fourth-order valence-electron chi connectivity index (χ4n) is 2.01. The van der Waals surface area contributed by atoms with Crippen LogP contribution in [0, 0.1) is 10.1 Å². The second-order valence-corrected chi connectivity index (χ2v) is 4.75. The van der Waals surface area contributed by atoms with Crippen molar-refractivity contribution in [1.29, 1.82) is 0 Å².